The molecule has 0 aliphatic heterocycles. The Morgan fingerprint density at radius 1 is 1.32 bits per heavy atom. The number of hydrogen-bond donors (Lipinski definition) is 1. The highest BCUT2D eigenvalue weighted by atomic mass is 16.4. The third-order valence-corrected chi connectivity index (χ3v) is 5.90. The van der Waals surface area contributed by atoms with E-state index in [0.717, 1.165) is 18.4 Å². The lowest BCUT2D eigenvalue weighted by Gasteiger charge is -2.31. The number of nitrogens with one attached hydrogen (secondary N) is 1. The van der Waals surface area contributed by atoms with Gasteiger partial charge in [-0.3, -0.25) is 4.79 Å². The van der Waals surface area contributed by atoms with Crippen LogP contribution in [0.15, 0.2) is 36.0 Å². The van der Waals surface area contributed by atoms with Gasteiger partial charge in [-0.05, 0) is 30.2 Å². The average Bonchev–Trinajstić information content (AvgIpc) is 2.78. The summed E-state index contributed by atoms with van der Waals surface area (Å²) in [5, 5.41) is 14.1. The van der Waals surface area contributed by atoms with Gasteiger partial charge in [0, 0.05) is 28.4 Å². The Bertz CT molecular complexity index is 689. The zero-order chi connectivity index (χ0) is 16.1. The van der Waals surface area contributed by atoms with Gasteiger partial charge in [-0.15, -0.1) is 0 Å². The first-order valence-corrected chi connectivity index (χ1v) is 7.61. The zero-order valence-corrected chi connectivity index (χ0v) is 13.1. The Morgan fingerprint density at radius 3 is 2.59 bits per heavy atom. The number of carboxylic acid groups (broad SMARTS) is 1. The van der Waals surface area contributed by atoms with Gasteiger partial charge >= 0.3 is 0 Å². The molecule has 2 bridgehead atoms. The van der Waals surface area contributed by atoms with Crippen molar-refractivity contribution in [3.8, 4) is 0 Å². The molecular weight excluding hydrogens is 278 g/mol. The molecule has 1 aromatic rings. The Morgan fingerprint density at radius 2 is 2.00 bits per heavy atom. The molecule has 0 aromatic heterocycles. The van der Waals surface area contributed by atoms with E-state index < -0.39 is 5.97 Å². The summed E-state index contributed by atoms with van der Waals surface area (Å²) in [6.45, 7) is 6.35. The summed E-state index contributed by atoms with van der Waals surface area (Å²) < 4.78 is 0. The predicted octanol–water partition coefficient (Wildman–Crippen LogP) is 2.37. The summed E-state index contributed by atoms with van der Waals surface area (Å²) in [4.78, 5) is 23.8. The molecule has 4 heteroatoms. The van der Waals surface area contributed by atoms with Crippen LogP contribution < -0.4 is 10.4 Å². The van der Waals surface area contributed by atoms with Crippen LogP contribution in [-0.2, 0) is 4.79 Å². The molecule has 2 fully saturated rings. The first-order valence-electron chi connectivity index (χ1n) is 7.61. The second kappa shape index (κ2) is 4.70. The molecule has 1 N–H and O–H groups in total. The summed E-state index contributed by atoms with van der Waals surface area (Å²) in [5.74, 6) is -0.812. The molecule has 4 nitrogen and oxygen atoms in total. The van der Waals surface area contributed by atoms with Crippen molar-refractivity contribution in [2.45, 2.75) is 33.6 Å². The van der Waals surface area contributed by atoms with Gasteiger partial charge in [0.1, 0.15) is 0 Å². The Balaban J connectivity index is 1.93. The maximum absolute atomic E-state index is 12.7. The third-order valence-electron chi connectivity index (χ3n) is 5.90. The highest BCUT2D eigenvalue weighted by Gasteiger charge is 2.63. The number of aromatic carboxylic acids is 1. The standard InChI is InChI=1S/C18H21NO3/c1-17(2)13-8-9-18(17,3)15(20)12(13)10-19-14-7-5-4-6-11(14)16(21)22/h4-7,10,13,19H,8-9H2,1-3H3,(H,21,22)/p-1/b12-10+/t13-,18-/m0/s1. The van der Waals surface area contributed by atoms with Crippen molar-refractivity contribution in [2.24, 2.45) is 16.7 Å². The second-order valence-electron chi connectivity index (χ2n) is 7.05. The van der Waals surface area contributed by atoms with E-state index in [-0.39, 0.29) is 28.1 Å². The van der Waals surface area contributed by atoms with E-state index in [1.165, 1.54) is 6.07 Å². The van der Waals surface area contributed by atoms with Crippen LogP contribution in [0.25, 0.3) is 0 Å². The lowest BCUT2D eigenvalue weighted by Crippen LogP contribution is -2.32. The number of rotatable bonds is 3. The molecule has 22 heavy (non-hydrogen) atoms. The fraction of sp³-hybridized carbons (Fsp3) is 0.444. The smallest absolute Gasteiger partial charge is 0.167 e. The quantitative estimate of drug-likeness (QED) is 0.870. The number of carbonyl (C=O) groups excluding carboxylic acids is 2. The maximum atomic E-state index is 12.7. The van der Waals surface area contributed by atoms with Crippen LogP contribution in [0.2, 0.25) is 0 Å². The molecule has 0 spiro atoms. The van der Waals surface area contributed by atoms with Crippen molar-refractivity contribution in [3.63, 3.8) is 0 Å². The Hall–Kier alpha value is -2.10. The number of carbonyl (C=O) groups is 2. The molecule has 0 radical (unpaired) electrons. The van der Waals surface area contributed by atoms with Crippen molar-refractivity contribution in [1.82, 2.24) is 0 Å². The molecule has 0 saturated heterocycles. The summed E-state index contributed by atoms with van der Waals surface area (Å²) in [7, 11) is 0. The van der Waals surface area contributed by atoms with Crippen molar-refractivity contribution in [1.29, 1.82) is 0 Å². The van der Waals surface area contributed by atoms with E-state index in [4.69, 9.17) is 0 Å². The summed E-state index contributed by atoms with van der Waals surface area (Å²) in [5.41, 5.74) is 0.978. The number of hydrogen-bond acceptors (Lipinski definition) is 4. The number of fused-ring (bicyclic) bond motifs is 2. The van der Waals surface area contributed by atoms with Crippen LogP contribution in [0.1, 0.15) is 44.0 Å². The van der Waals surface area contributed by atoms with E-state index in [0.29, 0.717) is 5.69 Å². The van der Waals surface area contributed by atoms with Gasteiger partial charge < -0.3 is 15.2 Å². The normalized spacial score (nSPS) is 30.8. The molecule has 2 aliphatic rings. The SMILES string of the molecule is CC1(C)[C@H]2CC[C@@]1(C)C(=O)/C2=C/Nc1ccccc1C(=O)[O-]. The van der Waals surface area contributed by atoms with Crippen molar-refractivity contribution >= 4 is 17.4 Å². The number of allylic oxidation sites excluding steroid dienone is 1. The minimum atomic E-state index is -1.23. The van der Waals surface area contributed by atoms with Crippen molar-refractivity contribution in [3.05, 3.63) is 41.6 Å². The van der Waals surface area contributed by atoms with Gasteiger partial charge in [0.25, 0.3) is 0 Å². The number of carboxylic acids is 1. The van der Waals surface area contributed by atoms with Crippen LogP contribution in [0.5, 0.6) is 0 Å². The van der Waals surface area contributed by atoms with E-state index >= 15 is 0 Å². The monoisotopic (exact) mass is 298 g/mol. The summed E-state index contributed by atoms with van der Waals surface area (Å²) >= 11 is 0. The fourth-order valence-electron chi connectivity index (χ4n) is 4.04. The largest absolute Gasteiger partial charge is 0.545 e. The number of ketones is 1. The van der Waals surface area contributed by atoms with E-state index in [1.54, 1.807) is 24.4 Å². The average molecular weight is 298 g/mol. The lowest BCUT2D eigenvalue weighted by atomic mass is 9.70. The van der Waals surface area contributed by atoms with Gasteiger partial charge in [0.15, 0.2) is 5.78 Å². The summed E-state index contributed by atoms with van der Waals surface area (Å²) in [6, 6.07) is 6.56. The molecule has 2 saturated carbocycles. The summed E-state index contributed by atoms with van der Waals surface area (Å²) in [6.07, 6.45) is 3.63. The van der Waals surface area contributed by atoms with Crippen molar-refractivity contribution < 1.29 is 14.7 Å². The molecular formula is C18H20NO3-. The van der Waals surface area contributed by atoms with Crippen LogP contribution in [0, 0.1) is 16.7 Å². The molecule has 0 heterocycles. The van der Waals surface area contributed by atoms with Gasteiger partial charge in [0.2, 0.25) is 0 Å². The molecule has 3 rings (SSSR count). The topological polar surface area (TPSA) is 69.2 Å². The Labute approximate surface area is 130 Å². The molecule has 1 aromatic carbocycles. The van der Waals surface area contributed by atoms with Crippen molar-refractivity contribution in [2.75, 3.05) is 5.32 Å². The fourth-order valence-corrected chi connectivity index (χ4v) is 4.04. The van der Waals surface area contributed by atoms with Crippen LogP contribution >= 0.6 is 0 Å². The van der Waals surface area contributed by atoms with Gasteiger partial charge in [0.05, 0.1) is 5.97 Å². The van der Waals surface area contributed by atoms with Gasteiger partial charge in [-0.2, -0.15) is 0 Å². The highest BCUT2D eigenvalue weighted by Crippen LogP contribution is 2.65. The van der Waals surface area contributed by atoms with Gasteiger partial charge in [-0.25, -0.2) is 0 Å². The van der Waals surface area contributed by atoms with E-state index in [1.807, 2.05) is 6.92 Å². The van der Waals surface area contributed by atoms with Crippen LogP contribution in [-0.4, -0.2) is 11.8 Å². The van der Waals surface area contributed by atoms with Crippen LogP contribution in [0.3, 0.4) is 0 Å². The Kier molecular flexibility index (Phi) is 3.17. The number of anilines is 1. The lowest BCUT2D eigenvalue weighted by molar-refractivity contribution is -0.254. The number of benzene rings is 1. The third kappa shape index (κ3) is 1.83. The maximum Gasteiger partial charge on any atom is 0.167 e. The first kappa shape index (κ1) is 14.8. The number of para-hydroxylation sites is 1. The second-order valence-corrected chi connectivity index (χ2v) is 7.05. The molecule has 116 valence electrons. The van der Waals surface area contributed by atoms with Gasteiger partial charge in [-0.1, -0.05) is 39.0 Å². The zero-order valence-electron chi connectivity index (χ0n) is 13.1. The molecule has 2 aliphatic carbocycles. The van der Waals surface area contributed by atoms with E-state index in [2.05, 4.69) is 19.2 Å². The highest BCUT2D eigenvalue weighted by molar-refractivity contribution is 6.05. The van der Waals surface area contributed by atoms with E-state index in [9.17, 15) is 14.7 Å². The van der Waals surface area contributed by atoms with Crippen LogP contribution in [0.4, 0.5) is 5.69 Å². The number of Topliss-reactive ketones (excluding diaryl/α,β-unsaturated/α-hetero) is 1. The first-order chi connectivity index (χ1) is 10.3. The predicted molar refractivity (Wildman–Crippen MR) is 82.1 cm³/mol. The minimum absolute atomic E-state index is 0.0501. The molecule has 2 atom stereocenters. The molecule has 0 unspecified atom stereocenters. The molecule has 0 amide bonds. The minimum Gasteiger partial charge on any atom is -0.545 e.